The van der Waals surface area contributed by atoms with Crippen molar-refractivity contribution < 1.29 is 17.7 Å². The van der Waals surface area contributed by atoms with Crippen molar-refractivity contribution >= 4 is 38.9 Å². The Morgan fingerprint density at radius 3 is 2.33 bits per heavy atom. The van der Waals surface area contributed by atoms with Gasteiger partial charge in [0.05, 0.1) is 5.69 Å². The summed E-state index contributed by atoms with van der Waals surface area (Å²) in [7, 11) is -4.11. The number of hydrogen-bond donors (Lipinski definition) is 1. The fraction of sp³-hybridized carbons (Fsp3) is 0.238. The van der Waals surface area contributed by atoms with E-state index >= 15 is 0 Å². The molecule has 0 spiro atoms. The van der Waals surface area contributed by atoms with Crippen LogP contribution in [0.15, 0.2) is 51.9 Å². The Hall–Kier alpha value is -2.84. The molecular formula is C21H22ClN3O4S. The van der Waals surface area contributed by atoms with Crippen molar-refractivity contribution in [1.29, 1.82) is 0 Å². The Labute approximate surface area is 180 Å². The minimum atomic E-state index is -4.11. The average molecular weight is 448 g/mol. The van der Waals surface area contributed by atoms with Crippen LogP contribution in [0.3, 0.4) is 0 Å². The van der Waals surface area contributed by atoms with Gasteiger partial charge >= 0.3 is 0 Å². The lowest BCUT2D eigenvalue weighted by Crippen LogP contribution is -2.38. The summed E-state index contributed by atoms with van der Waals surface area (Å²) in [6.45, 7) is 6.38. The summed E-state index contributed by atoms with van der Waals surface area (Å²) in [5.41, 5.74) is 2.84. The van der Waals surface area contributed by atoms with Crippen molar-refractivity contribution in [2.24, 2.45) is 0 Å². The highest BCUT2D eigenvalue weighted by atomic mass is 35.5. The van der Waals surface area contributed by atoms with Crippen LogP contribution in [0.4, 0.5) is 11.4 Å². The molecule has 0 aliphatic carbocycles. The van der Waals surface area contributed by atoms with Crippen LogP contribution >= 0.6 is 11.6 Å². The van der Waals surface area contributed by atoms with Crippen molar-refractivity contribution in [3.8, 4) is 0 Å². The quantitative estimate of drug-likeness (QED) is 0.604. The summed E-state index contributed by atoms with van der Waals surface area (Å²) in [6.07, 6.45) is 0. The second-order valence-electron chi connectivity index (χ2n) is 7.07. The monoisotopic (exact) mass is 447 g/mol. The lowest BCUT2D eigenvalue weighted by atomic mass is 10.1. The fourth-order valence-electron chi connectivity index (χ4n) is 3.26. The number of hydrogen-bond acceptors (Lipinski definition) is 5. The van der Waals surface area contributed by atoms with Gasteiger partial charge in [0.2, 0.25) is 5.91 Å². The maximum Gasteiger partial charge on any atom is 0.270 e. The van der Waals surface area contributed by atoms with Crippen LogP contribution in [-0.4, -0.2) is 26.0 Å². The minimum Gasteiger partial charge on any atom is -0.360 e. The third kappa shape index (κ3) is 4.66. The van der Waals surface area contributed by atoms with Gasteiger partial charge in [-0.05, 0) is 69.2 Å². The molecule has 0 radical (unpaired) electrons. The topological polar surface area (TPSA) is 92.5 Å². The van der Waals surface area contributed by atoms with Gasteiger partial charge in [0.25, 0.3) is 10.0 Å². The van der Waals surface area contributed by atoms with Gasteiger partial charge in [0, 0.05) is 10.7 Å². The Kier molecular flexibility index (Phi) is 6.19. The van der Waals surface area contributed by atoms with Gasteiger partial charge < -0.3 is 9.84 Å². The van der Waals surface area contributed by atoms with Crippen LogP contribution in [0.25, 0.3) is 0 Å². The minimum absolute atomic E-state index is 0.0442. The molecular weight excluding hydrogens is 426 g/mol. The summed E-state index contributed by atoms with van der Waals surface area (Å²) in [5.74, 6) is -0.344. The lowest BCUT2D eigenvalue weighted by Gasteiger charge is -2.24. The molecule has 0 bridgehead atoms. The molecule has 3 rings (SSSR count). The van der Waals surface area contributed by atoms with Crippen LogP contribution in [0.2, 0.25) is 5.02 Å². The van der Waals surface area contributed by atoms with Gasteiger partial charge in [-0.3, -0.25) is 9.10 Å². The summed E-state index contributed by atoms with van der Waals surface area (Å²) in [5, 5.41) is 6.90. The molecule has 0 fully saturated rings. The molecule has 1 amide bonds. The highest BCUT2D eigenvalue weighted by molar-refractivity contribution is 7.93. The Morgan fingerprint density at radius 1 is 1.10 bits per heavy atom. The van der Waals surface area contributed by atoms with E-state index in [4.69, 9.17) is 16.1 Å². The number of nitrogens with one attached hydrogen (secondary N) is 1. The first kappa shape index (κ1) is 21.9. The number of aryl methyl sites for hydroxylation is 4. The molecule has 2 aromatic carbocycles. The molecule has 0 unspecified atom stereocenters. The second kappa shape index (κ2) is 8.49. The maximum atomic E-state index is 13.5. The lowest BCUT2D eigenvalue weighted by molar-refractivity contribution is -0.114. The summed E-state index contributed by atoms with van der Waals surface area (Å²) < 4.78 is 33.2. The highest BCUT2D eigenvalue weighted by Crippen LogP contribution is 2.29. The molecule has 0 saturated heterocycles. The maximum absolute atomic E-state index is 13.5. The molecule has 30 heavy (non-hydrogen) atoms. The predicted octanol–water partition coefficient (Wildman–Crippen LogP) is 4.40. The molecule has 0 aliphatic heterocycles. The van der Waals surface area contributed by atoms with Crippen molar-refractivity contribution in [2.45, 2.75) is 32.6 Å². The van der Waals surface area contributed by atoms with Gasteiger partial charge in [0.1, 0.15) is 12.2 Å². The summed E-state index contributed by atoms with van der Waals surface area (Å²) in [4.78, 5) is 12.7. The number of carbonyl (C=O) groups excluding carboxylic acids is 1. The van der Waals surface area contributed by atoms with E-state index in [9.17, 15) is 13.2 Å². The Bertz CT molecular complexity index is 1160. The third-order valence-corrected chi connectivity index (χ3v) is 6.66. The van der Waals surface area contributed by atoms with E-state index in [1.54, 1.807) is 43.3 Å². The number of halogens is 1. The standard InChI is InChI=1S/C21H22ClN3O4S/c1-13-8-14(2)10-19(9-13)25(30(27,28)21-15(3)24-29-16(21)4)12-20(26)23-18-7-5-6-17(22)11-18/h5-11H,12H2,1-4H3,(H,23,26). The van der Waals surface area contributed by atoms with E-state index in [-0.39, 0.29) is 16.3 Å². The largest absolute Gasteiger partial charge is 0.360 e. The molecule has 1 aromatic heterocycles. The SMILES string of the molecule is Cc1cc(C)cc(N(CC(=O)Nc2cccc(Cl)c2)S(=O)(=O)c2c(C)noc2C)c1. The highest BCUT2D eigenvalue weighted by Gasteiger charge is 2.33. The molecule has 7 nitrogen and oxygen atoms in total. The van der Waals surface area contributed by atoms with Crippen molar-refractivity contribution in [3.05, 3.63) is 70.1 Å². The van der Waals surface area contributed by atoms with E-state index in [2.05, 4.69) is 10.5 Å². The van der Waals surface area contributed by atoms with Gasteiger partial charge in [-0.15, -0.1) is 0 Å². The number of rotatable bonds is 6. The number of aromatic nitrogens is 1. The molecule has 0 aliphatic rings. The van der Waals surface area contributed by atoms with E-state index < -0.39 is 22.5 Å². The third-order valence-electron chi connectivity index (χ3n) is 4.41. The smallest absolute Gasteiger partial charge is 0.270 e. The predicted molar refractivity (Wildman–Crippen MR) is 117 cm³/mol. The van der Waals surface area contributed by atoms with Gasteiger partial charge in [-0.25, -0.2) is 8.42 Å². The van der Waals surface area contributed by atoms with Crippen LogP contribution in [0, 0.1) is 27.7 Å². The Balaban J connectivity index is 2.03. The van der Waals surface area contributed by atoms with Crippen LogP contribution in [0.1, 0.15) is 22.6 Å². The zero-order valence-electron chi connectivity index (χ0n) is 17.1. The second-order valence-corrected chi connectivity index (χ2v) is 9.31. The van der Waals surface area contributed by atoms with Crippen LogP contribution in [0.5, 0.6) is 0 Å². The first-order chi connectivity index (χ1) is 14.1. The molecule has 0 atom stereocenters. The number of nitrogens with zero attached hydrogens (tertiary/aromatic N) is 2. The van der Waals surface area contributed by atoms with Gasteiger partial charge in [-0.1, -0.05) is 28.9 Å². The number of benzene rings is 2. The van der Waals surface area contributed by atoms with Crippen molar-refractivity contribution in [1.82, 2.24) is 5.16 Å². The van der Waals surface area contributed by atoms with Crippen molar-refractivity contribution in [3.63, 3.8) is 0 Å². The first-order valence-corrected chi connectivity index (χ1v) is 11.0. The van der Waals surface area contributed by atoms with Crippen LogP contribution in [-0.2, 0) is 14.8 Å². The summed E-state index contributed by atoms with van der Waals surface area (Å²) >= 11 is 5.96. The van der Waals surface area contributed by atoms with Gasteiger partial charge in [-0.2, -0.15) is 0 Å². The van der Waals surface area contributed by atoms with E-state index in [1.807, 2.05) is 19.9 Å². The molecule has 9 heteroatoms. The Morgan fingerprint density at radius 2 is 1.77 bits per heavy atom. The number of amides is 1. The normalized spacial score (nSPS) is 11.4. The van der Waals surface area contributed by atoms with E-state index in [0.717, 1.165) is 15.4 Å². The molecule has 1 N–H and O–H groups in total. The molecule has 158 valence electrons. The zero-order valence-corrected chi connectivity index (χ0v) is 18.6. The molecule has 1 heterocycles. The van der Waals surface area contributed by atoms with Crippen LogP contribution < -0.4 is 9.62 Å². The number of carbonyl (C=O) groups is 1. The molecule has 0 saturated carbocycles. The number of anilines is 2. The zero-order chi connectivity index (χ0) is 22.1. The summed E-state index contributed by atoms with van der Waals surface area (Å²) in [6, 6.07) is 12.0. The number of sulfonamides is 1. The molecule has 3 aromatic rings. The van der Waals surface area contributed by atoms with E-state index in [0.29, 0.717) is 16.4 Å². The van der Waals surface area contributed by atoms with E-state index in [1.165, 1.54) is 6.92 Å². The average Bonchev–Trinajstić information content (AvgIpc) is 2.98. The van der Waals surface area contributed by atoms with Gasteiger partial charge in [0.15, 0.2) is 10.7 Å². The first-order valence-electron chi connectivity index (χ1n) is 9.17. The van der Waals surface area contributed by atoms with Crippen molar-refractivity contribution in [2.75, 3.05) is 16.2 Å². The fourth-order valence-corrected chi connectivity index (χ4v) is 5.15.